The van der Waals surface area contributed by atoms with Crippen molar-refractivity contribution in [1.29, 1.82) is 0 Å². The number of carbonyl (C=O) groups is 1. The third-order valence-corrected chi connectivity index (χ3v) is 2.42. The van der Waals surface area contributed by atoms with Crippen molar-refractivity contribution in [3.63, 3.8) is 0 Å². The van der Waals surface area contributed by atoms with Gasteiger partial charge in [0, 0.05) is 23.2 Å². The maximum Gasteiger partial charge on any atom is 0.308 e. The van der Waals surface area contributed by atoms with Gasteiger partial charge in [-0.1, -0.05) is 0 Å². The zero-order valence-electron chi connectivity index (χ0n) is 9.17. The number of hydrogen-bond donors (Lipinski definition) is 2. The highest BCUT2D eigenvalue weighted by Gasteiger charge is 2.12. The topological polar surface area (TPSA) is 79.7 Å². The molecule has 1 aromatic carbocycles. The second-order valence-electron chi connectivity index (χ2n) is 3.59. The number of aromatic nitrogens is 1. The molecule has 0 aliphatic heterocycles. The van der Waals surface area contributed by atoms with Crippen molar-refractivity contribution in [3.8, 4) is 11.5 Å². The molecule has 0 aliphatic rings. The highest BCUT2D eigenvalue weighted by molar-refractivity contribution is 5.88. The summed E-state index contributed by atoms with van der Waals surface area (Å²) in [6, 6.07) is 4.67. The van der Waals surface area contributed by atoms with Crippen LogP contribution in [-0.2, 0) is 11.2 Å². The van der Waals surface area contributed by atoms with E-state index in [9.17, 15) is 9.90 Å². The number of benzene rings is 1. The first-order valence-electron chi connectivity index (χ1n) is 4.98. The van der Waals surface area contributed by atoms with E-state index in [-0.39, 0.29) is 12.2 Å². The summed E-state index contributed by atoms with van der Waals surface area (Å²) in [6.07, 6.45) is 1.31. The van der Waals surface area contributed by atoms with Gasteiger partial charge in [0.05, 0.1) is 19.0 Å². The van der Waals surface area contributed by atoms with Crippen LogP contribution < -0.4 is 4.74 Å². The Morgan fingerprint density at radius 1 is 1.47 bits per heavy atom. The van der Waals surface area contributed by atoms with E-state index in [0.29, 0.717) is 22.2 Å². The zero-order chi connectivity index (χ0) is 12.4. The van der Waals surface area contributed by atoms with Crippen LogP contribution in [0.25, 0.3) is 10.9 Å². The van der Waals surface area contributed by atoms with Crippen LogP contribution >= 0.6 is 0 Å². The summed E-state index contributed by atoms with van der Waals surface area (Å²) in [5, 5.41) is 18.8. The van der Waals surface area contributed by atoms with E-state index < -0.39 is 5.97 Å². The number of phenolic OH excluding ortho intramolecular Hbond substituents is 1. The number of hydrogen-bond acceptors (Lipinski definition) is 4. The molecule has 0 amide bonds. The summed E-state index contributed by atoms with van der Waals surface area (Å²) in [6.45, 7) is 0. The van der Waals surface area contributed by atoms with Crippen molar-refractivity contribution < 1.29 is 19.7 Å². The highest BCUT2D eigenvalue weighted by atomic mass is 16.5. The zero-order valence-corrected chi connectivity index (χ0v) is 9.17. The van der Waals surface area contributed by atoms with Gasteiger partial charge in [-0.2, -0.15) is 0 Å². The van der Waals surface area contributed by atoms with E-state index in [2.05, 4.69) is 4.98 Å². The minimum atomic E-state index is -0.941. The summed E-state index contributed by atoms with van der Waals surface area (Å²) < 4.78 is 5.21. The average molecular weight is 233 g/mol. The number of aromatic hydroxyl groups is 1. The van der Waals surface area contributed by atoms with Crippen LogP contribution in [0.1, 0.15) is 5.56 Å². The number of methoxy groups -OCH3 is 1. The molecule has 5 heteroatoms. The van der Waals surface area contributed by atoms with E-state index >= 15 is 0 Å². The molecular weight excluding hydrogens is 222 g/mol. The molecule has 2 rings (SSSR count). The van der Waals surface area contributed by atoms with Gasteiger partial charge in [-0.05, 0) is 12.1 Å². The van der Waals surface area contributed by atoms with Crippen LogP contribution in [0.4, 0.5) is 0 Å². The minimum Gasteiger partial charge on any atom is -0.508 e. The maximum absolute atomic E-state index is 10.7. The molecule has 1 heterocycles. The Kier molecular flexibility index (Phi) is 2.82. The SMILES string of the molecule is COc1c(CC(=O)O)cnc2cc(O)ccc12. The van der Waals surface area contributed by atoms with E-state index in [0.717, 1.165) is 0 Å². The Morgan fingerprint density at radius 3 is 2.88 bits per heavy atom. The fraction of sp³-hybridized carbons (Fsp3) is 0.167. The van der Waals surface area contributed by atoms with Crippen LogP contribution in [0.5, 0.6) is 11.5 Å². The van der Waals surface area contributed by atoms with Gasteiger partial charge in [-0.15, -0.1) is 0 Å². The van der Waals surface area contributed by atoms with Crippen molar-refractivity contribution in [2.75, 3.05) is 7.11 Å². The van der Waals surface area contributed by atoms with Gasteiger partial charge >= 0.3 is 5.97 Å². The monoisotopic (exact) mass is 233 g/mol. The molecule has 0 unspecified atom stereocenters. The summed E-state index contributed by atoms with van der Waals surface area (Å²) >= 11 is 0. The molecule has 2 N–H and O–H groups in total. The molecule has 0 fully saturated rings. The van der Waals surface area contributed by atoms with Gasteiger partial charge in [0.25, 0.3) is 0 Å². The fourth-order valence-corrected chi connectivity index (χ4v) is 1.73. The summed E-state index contributed by atoms with van der Waals surface area (Å²) in [5.41, 5.74) is 1.08. The van der Waals surface area contributed by atoms with Crippen molar-refractivity contribution in [1.82, 2.24) is 4.98 Å². The number of phenols is 1. The molecule has 0 saturated carbocycles. The maximum atomic E-state index is 10.7. The molecule has 88 valence electrons. The Hall–Kier alpha value is -2.30. The van der Waals surface area contributed by atoms with Gasteiger partial charge < -0.3 is 14.9 Å². The normalized spacial score (nSPS) is 10.4. The number of aliphatic carboxylic acids is 1. The Morgan fingerprint density at radius 2 is 2.24 bits per heavy atom. The fourth-order valence-electron chi connectivity index (χ4n) is 1.73. The van der Waals surface area contributed by atoms with E-state index in [4.69, 9.17) is 9.84 Å². The molecule has 0 atom stereocenters. The molecule has 0 radical (unpaired) electrons. The minimum absolute atomic E-state index is 0.109. The van der Waals surface area contributed by atoms with Crippen molar-refractivity contribution >= 4 is 16.9 Å². The van der Waals surface area contributed by atoms with Crippen LogP contribution in [0.3, 0.4) is 0 Å². The van der Waals surface area contributed by atoms with Gasteiger partial charge in [0.15, 0.2) is 0 Å². The molecule has 0 aliphatic carbocycles. The summed E-state index contributed by atoms with van der Waals surface area (Å²) in [4.78, 5) is 14.8. The molecule has 0 saturated heterocycles. The van der Waals surface area contributed by atoms with E-state index in [1.54, 1.807) is 6.07 Å². The molecule has 17 heavy (non-hydrogen) atoms. The highest BCUT2D eigenvalue weighted by Crippen LogP contribution is 2.30. The lowest BCUT2D eigenvalue weighted by molar-refractivity contribution is -0.136. The van der Waals surface area contributed by atoms with E-state index in [1.807, 2.05) is 0 Å². The largest absolute Gasteiger partial charge is 0.508 e. The lowest BCUT2D eigenvalue weighted by Crippen LogP contribution is -2.03. The molecule has 0 bridgehead atoms. The number of pyridine rings is 1. The smallest absolute Gasteiger partial charge is 0.308 e. The predicted molar refractivity (Wildman–Crippen MR) is 61.3 cm³/mol. The Balaban J connectivity index is 2.64. The van der Waals surface area contributed by atoms with Crippen LogP contribution in [0.2, 0.25) is 0 Å². The quantitative estimate of drug-likeness (QED) is 0.841. The molecule has 1 aromatic heterocycles. The lowest BCUT2D eigenvalue weighted by atomic mass is 10.1. The number of carboxylic acids is 1. The number of nitrogens with zero attached hydrogens (tertiary/aromatic N) is 1. The Labute approximate surface area is 97.3 Å². The number of ether oxygens (including phenoxy) is 1. The Bertz CT molecular complexity index is 580. The number of rotatable bonds is 3. The first kappa shape index (κ1) is 11.2. The third kappa shape index (κ3) is 2.13. The first-order valence-corrected chi connectivity index (χ1v) is 4.98. The molecule has 0 spiro atoms. The van der Waals surface area contributed by atoms with Crippen molar-refractivity contribution in [3.05, 3.63) is 30.0 Å². The van der Waals surface area contributed by atoms with Crippen LogP contribution in [-0.4, -0.2) is 28.3 Å². The van der Waals surface area contributed by atoms with Crippen molar-refractivity contribution in [2.24, 2.45) is 0 Å². The average Bonchev–Trinajstić information content (AvgIpc) is 2.28. The summed E-state index contributed by atoms with van der Waals surface area (Å²) in [5.74, 6) is -0.348. The second-order valence-corrected chi connectivity index (χ2v) is 3.59. The van der Waals surface area contributed by atoms with Gasteiger partial charge in [-0.25, -0.2) is 0 Å². The van der Waals surface area contributed by atoms with Crippen LogP contribution in [0, 0.1) is 0 Å². The lowest BCUT2D eigenvalue weighted by Gasteiger charge is -2.09. The van der Waals surface area contributed by atoms with Gasteiger partial charge in [0.2, 0.25) is 0 Å². The third-order valence-electron chi connectivity index (χ3n) is 2.42. The van der Waals surface area contributed by atoms with Crippen molar-refractivity contribution in [2.45, 2.75) is 6.42 Å². The first-order chi connectivity index (χ1) is 8.11. The van der Waals surface area contributed by atoms with Gasteiger partial charge in [-0.3, -0.25) is 9.78 Å². The molecule has 5 nitrogen and oxygen atoms in total. The summed E-state index contributed by atoms with van der Waals surface area (Å²) in [7, 11) is 1.48. The predicted octanol–water partition coefficient (Wildman–Crippen LogP) is 1.58. The standard InChI is InChI=1S/C12H11NO4/c1-17-12-7(4-11(15)16)6-13-10-5-8(14)2-3-9(10)12/h2-3,5-6,14H,4H2,1H3,(H,15,16). The molecule has 2 aromatic rings. The number of fused-ring (bicyclic) bond motifs is 1. The second kappa shape index (κ2) is 4.29. The van der Waals surface area contributed by atoms with Crippen LogP contribution in [0.15, 0.2) is 24.4 Å². The molecular formula is C12H11NO4. The van der Waals surface area contributed by atoms with E-state index in [1.165, 1.54) is 25.4 Å². The van der Waals surface area contributed by atoms with Gasteiger partial charge in [0.1, 0.15) is 11.5 Å². The number of carboxylic acid groups (broad SMARTS) is 1.